The summed E-state index contributed by atoms with van der Waals surface area (Å²) in [5, 5.41) is 8.39. The monoisotopic (exact) mass is 518 g/mol. The smallest absolute Gasteiger partial charge is 0.410 e. The lowest BCUT2D eigenvalue weighted by Crippen LogP contribution is -2.44. The number of piperidine rings is 1. The number of hydrogen-bond acceptors (Lipinski definition) is 6. The highest BCUT2D eigenvalue weighted by Crippen LogP contribution is 2.33. The van der Waals surface area contributed by atoms with Crippen molar-refractivity contribution in [2.45, 2.75) is 45.3 Å². The molecule has 0 saturated carbocycles. The maximum Gasteiger partial charge on any atom is 0.410 e. The molecule has 0 radical (unpaired) electrons. The van der Waals surface area contributed by atoms with Crippen molar-refractivity contribution in [2.75, 3.05) is 27.2 Å². The zero-order valence-corrected chi connectivity index (χ0v) is 21.3. The average molecular weight is 519 g/mol. The SMILES string of the molecule is CN(C)/C=C(\C=N)C(=O)c1cc2cc(OC3CCN(C(=O)OC(C)(C)C)CC3)c(Br)cc2[nH]1. The van der Waals surface area contributed by atoms with E-state index in [9.17, 15) is 9.59 Å². The molecule has 9 heteroatoms. The third-order valence-electron chi connectivity index (χ3n) is 5.12. The predicted molar refractivity (Wildman–Crippen MR) is 132 cm³/mol. The van der Waals surface area contributed by atoms with Gasteiger partial charge in [0.25, 0.3) is 0 Å². The first-order chi connectivity index (χ1) is 15.5. The summed E-state index contributed by atoms with van der Waals surface area (Å²) in [6.07, 6.45) is 3.78. The van der Waals surface area contributed by atoms with Gasteiger partial charge in [-0.3, -0.25) is 4.79 Å². The van der Waals surface area contributed by atoms with E-state index in [4.69, 9.17) is 14.9 Å². The number of carbonyl (C=O) groups is 2. The van der Waals surface area contributed by atoms with Crippen LogP contribution in [0.5, 0.6) is 5.75 Å². The first-order valence-electron chi connectivity index (χ1n) is 10.9. The van der Waals surface area contributed by atoms with Gasteiger partial charge in [-0.15, -0.1) is 0 Å². The molecular formula is C24H31BrN4O4. The highest BCUT2D eigenvalue weighted by atomic mass is 79.9. The summed E-state index contributed by atoms with van der Waals surface area (Å²) in [5.74, 6) is 0.440. The van der Waals surface area contributed by atoms with Crippen molar-refractivity contribution in [1.29, 1.82) is 5.41 Å². The molecule has 2 aromatic rings. The highest BCUT2D eigenvalue weighted by Gasteiger charge is 2.28. The van der Waals surface area contributed by atoms with Crippen molar-refractivity contribution in [3.8, 4) is 5.75 Å². The largest absolute Gasteiger partial charge is 0.489 e. The maximum atomic E-state index is 12.8. The van der Waals surface area contributed by atoms with E-state index in [2.05, 4.69) is 20.9 Å². The van der Waals surface area contributed by atoms with Gasteiger partial charge in [-0.05, 0) is 54.9 Å². The van der Waals surface area contributed by atoms with Gasteiger partial charge < -0.3 is 29.7 Å². The molecule has 1 aliphatic rings. The number of allylic oxidation sites excluding steroid dienone is 1. The minimum Gasteiger partial charge on any atom is -0.489 e. The molecule has 1 aromatic heterocycles. The van der Waals surface area contributed by atoms with Crippen LogP contribution in [-0.2, 0) is 4.74 Å². The standard InChI is InChI=1S/C24H31BrN4O4/c1-24(2,3)33-23(31)29-8-6-17(7-9-29)32-21-11-15-10-20(27-19(15)12-18(21)25)22(30)16(13-26)14-28(4)5/h10-14,17,26-27H,6-9H2,1-5H3/b16-14+,26-13?. The molecule has 8 nitrogen and oxygen atoms in total. The lowest BCUT2D eigenvalue weighted by Gasteiger charge is -2.33. The van der Waals surface area contributed by atoms with Gasteiger partial charge in [-0.25, -0.2) is 4.79 Å². The molecule has 1 aromatic carbocycles. The van der Waals surface area contributed by atoms with Crippen LogP contribution in [0.1, 0.15) is 44.1 Å². The third kappa shape index (κ3) is 6.37. The average Bonchev–Trinajstić information content (AvgIpc) is 3.13. The Labute approximate surface area is 202 Å². The van der Waals surface area contributed by atoms with E-state index in [1.54, 1.807) is 36.2 Å². The zero-order valence-electron chi connectivity index (χ0n) is 19.7. The Bertz CT molecular complexity index is 1080. The summed E-state index contributed by atoms with van der Waals surface area (Å²) in [7, 11) is 3.61. The Hall–Kier alpha value is -2.81. The van der Waals surface area contributed by atoms with Crippen molar-refractivity contribution in [2.24, 2.45) is 0 Å². The first kappa shape index (κ1) is 24.8. The van der Waals surface area contributed by atoms with Crippen molar-refractivity contribution < 1.29 is 19.1 Å². The number of nitrogens with one attached hydrogen (secondary N) is 2. The van der Waals surface area contributed by atoms with E-state index < -0.39 is 5.60 Å². The van der Waals surface area contributed by atoms with Crippen LogP contribution in [0.15, 0.2) is 34.4 Å². The van der Waals surface area contributed by atoms with Crippen LogP contribution in [0.25, 0.3) is 10.9 Å². The summed E-state index contributed by atoms with van der Waals surface area (Å²) in [6, 6.07) is 5.55. The van der Waals surface area contributed by atoms with Crippen LogP contribution in [0, 0.1) is 5.41 Å². The maximum absolute atomic E-state index is 12.8. The molecule has 178 valence electrons. The van der Waals surface area contributed by atoms with Crippen LogP contribution in [0.3, 0.4) is 0 Å². The zero-order chi connectivity index (χ0) is 24.3. The number of Topliss-reactive ketones (excluding diaryl/α,β-unsaturated/α-hetero) is 1. The highest BCUT2D eigenvalue weighted by molar-refractivity contribution is 9.10. The van der Waals surface area contributed by atoms with Gasteiger partial charge in [0, 0.05) is 63.3 Å². The minimum atomic E-state index is -0.511. The number of rotatable bonds is 6. The number of ether oxygens (including phenoxy) is 2. The molecule has 3 rings (SSSR count). The Kier molecular flexibility index (Phi) is 7.51. The Morgan fingerprint density at radius 2 is 1.88 bits per heavy atom. The second-order valence-corrected chi connectivity index (χ2v) is 10.2. The topological polar surface area (TPSA) is 98.7 Å². The summed E-state index contributed by atoms with van der Waals surface area (Å²) in [4.78, 5) is 31.6. The van der Waals surface area contributed by atoms with Gasteiger partial charge in [0.2, 0.25) is 5.78 Å². The lowest BCUT2D eigenvalue weighted by atomic mass is 10.1. The van der Waals surface area contributed by atoms with E-state index in [-0.39, 0.29) is 18.0 Å². The van der Waals surface area contributed by atoms with E-state index in [1.807, 2.05) is 32.9 Å². The molecule has 2 heterocycles. The van der Waals surface area contributed by atoms with Crippen LogP contribution < -0.4 is 4.74 Å². The van der Waals surface area contributed by atoms with Gasteiger partial charge in [0.05, 0.1) is 15.7 Å². The molecule has 0 unspecified atom stereocenters. The fourth-order valence-corrected chi connectivity index (χ4v) is 4.04. The Balaban J connectivity index is 1.70. The molecule has 0 aliphatic carbocycles. The van der Waals surface area contributed by atoms with Gasteiger partial charge in [0.15, 0.2) is 0 Å². The molecule has 0 bridgehead atoms. The van der Waals surface area contributed by atoms with Gasteiger partial charge in [0.1, 0.15) is 17.5 Å². The molecule has 1 fully saturated rings. The number of hydrogen-bond donors (Lipinski definition) is 2. The number of carbonyl (C=O) groups excluding carboxylic acids is 2. The van der Waals surface area contributed by atoms with Crippen molar-refractivity contribution in [3.05, 3.63) is 40.1 Å². The fourth-order valence-electron chi connectivity index (χ4n) is 3.60. The number of benzene rings is 1. The number of nitrogens with zero attached hydrogens (tertiary/aromatic N) is 2. The molecule has 2 N–H and O–H groups in total. The van der Waals surface area contributed by atoms with E-state index in [1.165, 1.54) is 0 Å². The Morgan fingerprint density at radius 3 is 2.45 bits per heavy atom. The van der Waals surface area contributed by atoms with Crippen LogP contribution >= 0.6 is 15.9 Å². The second-order valence-electron chi connectivity index (χ2n) is 9.36. The van der Waals surface area contributed by atoms with E-state index >= 15 is 0 Å². The van der Waals surface area contributed by atoms with Crippen molar-refractivity contribution in [1.82, 2.24) is 14.8 Å². The van der Waals surface area contributed by atoms with Gasteiger partial charge >= 0.3 is 6.09 Å². The van der Waals surface area contributed by atoms with Gasteiger partial charge in [-0.1, -0.05) is 0 Å². The van der Waals surface area contributed by atoms with Crippen LogP contribution in [-0.4, -0.2) is 71.8 Å². The first-order valence-corrected chi connectivity index (χ1v) is 11.7. The minimum absolute atomic E-state index is 0.0231. The normalized spacial score (nSPS) is 15.5. The number of ketones is 1. The number of halogens is 1. The third-order valence-corrected chi connectivity index (χ3v) is 5.74. The van der Waals surface area contributed by atoms with E-state index in [0.29, 0.717) is 42.9 Å². The number of amides is 1. The van der Waals surface area contributed by atoms with E-state index in [0.717, 1.165) is 21.6 Å². The summed E-state index contributed by atoms with van der Waals surface area (Å²) in [5.41, 5.74) is 0.991. The number of aromatic nitrogens is 1. The van der Waals surface area contributed by atoms with Crippen molar-refractivity contribution >= 4 is 44.9 Å². The predicted octanol–water partition coefficient (Wildman–Crippen LogP) is 4.99. The molecule has 0 atom stereocenters. The quantitative estimate of drug-likeness (QED) is 0.319. The summed E-state index contributed by atoms with van der Waals surface area (Å²) in [6.45, 7) is 6.73. The molecule has 1 amide bonds. The number of aromatic amines is 1. The summed E-state index contributed by atoms with van der Waals surface area (Å²) < 4.78 is 12.5. The van der Waals surface area contributed by atoms with Crippen LogP contribution in [0.4, 0.5) is 4.79 Å². The Morgan fingerprint density at radius 1 is 1.21 bits per heavy atom. The lowest BCUT2D eigenvalue weighted by molar-refractivity contribution is 0.0126. The molecule has 0 spiro atoms. The number of likely N-dealkylation sites (tertiary alicyclic amines) is 1. The summed E-state index contributed by atoms with van der Waals surface area (Å²) >= 11 is 3.57. The van der Waals surface area contributed by atoms with Gasteiger partial charge in [-0.2, -0.15) is 0 Å². The number of fused-ring (bicyclic) bond motifs is 1. The number of H-pyrrole nitrogens is 1. The van der Waals surface area contributed by atoms with Crippen molar-refractivity contribution in [3.63, 3.8) is 0 Å². The molecule has 33 heavy (non-hydrogen) atoms. The van der Waals surface area contributed by atoms with Crippen LogP contribution in [0.2, 0.25) is 0 Å². The fraction of sp³-hybridized carbons (Fsp3) is 0.458. The molecule has 1 saturated heterocycles. The second kappa shape index (κ2) is 9.99. The molecule has 1 aliphatic heterocycles. The molecular weight excluding hydrogens is 488 g/mol.